The van der Waals surface area contributed by atoms with Crippen LogP contribution in [0.3, 0.4) is 0 Å². The Morgan fingerprint density at radius 3 is 2.61 bits per heavy atom. The van der Waals surface area contributed by atoms with Crippen molar-refractivity contribution >= 4 is 5.91 Å². The Labute approximate surface area is 108 Å². The summed E-state index contributed by atoms with van der Waals surface area (Å²) in [5, 5.41) is 0. The Morgan fingerprint density at radius 1 is 1.44 bits per heavy atom. The molecule has 0 aromatic heterocycles. The molecule has 0 spiro atoms. The molecular formula is C14H20N2O2. The van der Waals surface area contributed by atoms with Gasteiger partial charge in [-0.25, -0.2) is 0 Å². The zero-order chi connectivity index (χ0) is 13.1. The van der Waals surface area contributed by atoms with Crippen LogP contribution in [0, 0.1) is 0 Å². The van der Waals surface area contributed by atoms with Crippen molar-refractivity contribution in [1.82, 2.24) is 4.90 Å². The zero-order valence-electron chi connectivity index (χ0n) is 10.9. The predicted molar refractivity (Wildman–Crippen MR) is 70.5 cm³/mol. The summed E-state index contributed by atoms with van der Waals surface area (Å²) in [5.41, 5.74) is 6.94. The van der Waals surface area contributed by atoms with Gasteiger partial charge in [0.1, 0.15) is 5.75 Å². The van der Waals surface area contributed by atoms with E-state index in [0.29, 0.717) is 6.42 Å². The number of nitrogens with two attached hydrogens (primary N) is 1. The second-order valence-electron chi connectivity index (χ2n) is 4.81. The molecule has 2 unspecified atom stereocenters. The quantitative estimate of drug-likeness (QED) is 0.874. The molecule has 2 atom stereocenters. The van der Waals surface area contributed by atoms with Gasteiger partial charge in [0.15, 0.2) is 0 Å². The smallest absolute Gasteiger partial charge is 0.227 e. The number of rotatable bonds is 3. The lowest BCUT2D eigenvalue weighted by Crippen LogP contribution is -2.41. The predicted octanol–water partition coefficient (Wildman–Crippen LogP) is 1.19. The van der Waals surface area contributed by atoms with Crippen LogP contribution in [0.15, 0.2) is 24.3 Å². The molecule has 4 nitrogen and oxygen atoms in total. The number of amides is 1. The SMILES string of the molecule is COc1ccc(CC(=O)N2CCC(N)C2C)cc1. The van der Waals surface area contributed by atoms with Gasteiger partial charge in [0.05, 0.1) is 13.5 Å². The Balaban J connectivity index is 1.98. The Morgan fingerprint density at radius 2 is 2.11 bits per heavy atom. The maximum Gasteiger partial charge on any atom is 0.227 e. The van der Waals surface area contributed by atoms with Gasteiger partial charge in [0, 0.05) is 18.6 Å². The van der Waals surface area contributed by atoms with Crippen LogP contribution in [0.4, 0.5) is 0 Å². The third-order valence-corrected chi connectivity index (χ3v) is 3.65. The van der Waals surface area contributed by atoms with Gasteiger partial charge < -0.3 is 15.4 Å². The molecular weight excluding hydrogens is 228 g/mol. The number of ether oxygens (including phenoxy) is 1. The van der Waals surface area contributed by atoms with E-state index in [1.165, 1.54) is 0 Å². The molecule has 1 aromatic rings. The first kappa shape index (κ1) is 12.9. The van der Waals surface area contributed by atoms with Crippen LogP contribution >= 0.6 is 0 Å². The van der Waals surface area contributed by atoms with Crippen molar-refractivity contribution < 1.29 is 9.53 Å². The van der Waals surface area contributed by atoms with Crippen LogP contribution in [0.25, 0.3) is 0 Å². The number of nitrogens with zero attached hydrogens (tertiary/aromatic N) is 1. The number of carbonyl (C=O) groups is 1. The van der Waals surface area contributed by atoms with Crippen molar-refractivity contribution in [3.05, 3.63) is 29.8 Å². The third kappa shape index (κ3) is 2.64. The van der Waals surface area contributed by atoms with Crippen molar-refractivity contribution in [2.24, 2.45) is 5.73 Å². The molecule has 1 amide bonds. The van der Waals surface area contributed by atoms with Crippen LogP contribution < -0.4 is 10.5 Å². The van der Waals surface area contributed by atoms with Crippen LogP contribution in [-0.4, -0.2) is 36.5 Å². The molecule has 98 valence electrons. The summed E-state index contributed by atoms with van der Waals surface area (Å²) in [6.45, 7) is 2.79. The molecule has 2 rings (SSSR count). The fourth-order valence-corrected chi connectivity index (χ4v) is 2.34. The highest BCUT2D eigenvalue weighted by atomic mass is 16.5. The summed E-state index contributed by atoms with van der Waals surface area (Å²) < 4.78 is 5.09. The minimum Gasteiger partial charge on any atom is -0.497 e. The Bertz CT molecular complexity index is 416. The number of methoxy groups -OCH3 is 1. The van der Waals surface area contributed by atoms with E-state index in [1.54, 1.807) is 7.11 Å². The number of benzene rings is 1. The van der Waals surface area contributed by atoms with Crippen molar-refractivity contribution in [2.75, 3.05) is 13.7 Å². The van der Waals surface area contributed by atoms with Gasteiger partial charge in [-0.1, -0.05) is 12.1 Å². The van der Waals surface area contributed by atoms with E-state index in [-0.39, 0.29) is 18.0 Å². The van der Waals surface area contributed by atoms with Gasteiger partial charge in [-0.15, -0.1) is 0 Å². The van der Waals surface area contributed by atoms with E-state index >= 15 is 0 Å². The summed E-state index contributed by atoms with van der Waals surface area (Å²) in [6, 6.07) is 7.87. The first-order chi connectivity index (χ1) is 8.61. The molecule has 1 fully saturated rings. The summed E-state index contributed by atoms with van der Waals surface area (Å²) in [7, 11) is 1.63. The molecule has 2 N–H and O–H groups in total. The van der Waals surface area contributed by atoms with Crippen LogP contribution in [0.5, 0.6) is 5.75 Å². The van der Waals surface area contributed by atoms with Crippen molar-refractivity contribution in [3.8, 4) is 5.75 Å². The Hall–Kier alpha value is -1.55. The van der Waals surface area contributed by atoms with E-state index in [1.807, 2.05) is 36.1 Å². The van der Waals surface area contributed by atoms with Gasteiger partial charge in [-0.2, -0.15) is 0 Å². The molecule has 0 aliphatic carbocycles. The highest BCUT2D eigenvalue weighted by Crippen LogP contribution is 2.18. The van der Waals surface area contributed by atoms with Gasteiger partial charge in [-0.3, -0.25) is 4.79 Å². The highest BCUT2D eigenvalue weighted by Gasteiger charge is 2.30. The summed E-state index contributed by atoms with van der Waals surface area (Å²) >= 11 is 0. The number of hydrogen-bond donors (Lipinski definition) is 1. The average Bonchev–Trinajstić information content (AvgIpc) is 2.71. The third-order valence-electron chi connectivity index (χ3n) is 3.65. The second kappa shape index (κ2) is 5.40. The normalized spacial score (nSPS) is 23.2. The maximum atomic E-state index is 12.2. The van der Waals surface area contributed by atoms with E-state index < -0.39 is 0 Å². The van der Waals surface area contributed by atoms with Crippen molar-refractivity contribution in [2.45, 2.75) is 31.8 Å². The zero-order valence-corrected chi connectivity index (χ0v) is 10.9. The lowest BCUT2D eigenvalue weighted by molar-refractivity contribution is -0.131. The standard InChI is InChI=1S/C14H20N2O2/c1-10-13(15)7-8-16(10)14(17)9-11-3-5-12(18-2)6-4-11/h3-6,10,13H,7-9,15H2,1-2H3. The largest absolute Gasteiger partial charge is 0.497 e. The van der Waals surface area contributed by atoms with Gasteiger partial charge in [0.2, 0.25) is 5.91 Å². The van der Waals surface area contributed by atoms with Crippen LogP contribution in [0.2, 0.25) is 0 Å². The first-order valence-corrected chi connectivity index (χ1v) is 6.30. The fourth-order valence-electron chi connectivity index (χ4n) is 2.34. The molecule has 4 heteroatoms. The molecule has 1 aromatic carbocycles. The molecule has 1 heterocycles. The fraction of sp³-hybridized carbons (Fsp3) is 0.500. The molecule has 1 saturated heterocycles. The highest BCUT2D eigenvalue weighted by molar-refractivity contribution is 5.79. The number of hydrogen-bond acceptors (Lipinski definition) is 3. The van der Waals surface area contributed by atoms with E-state index in [2.05, 4.69) is 0 Å². The van der Waals surface area contributed by atoms with E-state index in [0.717, 1.165) is 24.3 Å². The molecule has 18 heavy (non-hydrogen) atoms. The number of likely N-dealkylation sites (tertiary alicyclic amines) is 1. The minimum absolute atomic E-state index is 0.116. The molecule has 0 radical (unpaired) electrons. The minimum atomic E-state index is 0.116. The topological polar surface area (TPSA) is 55.6 Å². The van der Waals surface area contributed by atoms with Gasteiger partial charge in [0.25, 0.3) is 0 Å². The molecule has 0 saturated carbocycles. The van der Waals surface area contributed by atoms with Crippen molar-refractivity contribution in [1.29, 1.82) is 0 Å². The maximum absolute atomic E-state index is 12.2. The molecule has 1 aliphatic heterocycles. The number of carbonyl (C=O) groups excluding carboxylic acids is 1. The second-order valence-corrected chi connectivity index (χ2v) is 4.81. The van der Waals surface area contributed by atoms with E-state index in [9.17, 15) is 4.79 Å². The summed E-state index contributed by atoms with van der Waals surface area (Å²) in [4.78, 5) is 14.0. The van der Waals surface area contributed by atoms with Crippen LogP contribution in [-0.2, 0) is 11.2 Å². The lowest BCUT2D eigenvalue weighted by atomic mass is 10.1. The lowest BCUT2D eigenvalue weighted by Gasteiger charge is -2.23. The summed E-state index contributed by atoms with van der Waals surface area (Å²) in [5.74, 6) is 0.961. The monoisotopic (exact) mass is 248 g/mol. The van der Waals surface area contributed by atoms with E-state index in [4.69, 9.17) is 10.5 Å². The van der Waals surface area contributed by atoms with Crippen LogP contribution in [0.1, 0.15) is 18.9 Å². The first-order valence-electron chi connectivity index (χ1n) is 6.30. The molecule has 0 bridgehead atoms. The molecule has 1 aliphatic rings. The average molecular weight is 248 g/mol. The van der Waals surface area contributed by atoms with Gasteiger partial charge in [-0.05, 0) is 31.0 Å². The Kier molecular flexibility index (Phi) is 3.87. The van der Waals surface area contributed by atoms with Gasteiger partial charge >= 0.3 is 0 Å². The summed E-state index contributed by atoms with van der Waals surface area (Å²) in [6.07, 6.45) is 1.33. The van der Waals surface area contributed by atoms with Crippen molar-refractivity contribution in [3.63, 3.8) is 0 Å².